The minimum Gasteiger partial charge on any atom is -0.497 e. The van der Waals surface area contributed by atoms with Gasteiger partial charge in [0.2, 0.25) is 0 Å². The van der Waals surface area contributed by atoms with Crippen molar-refractivity contribution in [2.45, 2.75) is 12.8 Å². The summed E-state index contributed by atoms with van der Waals surface area (Å²) < 4.78 is 20.8. The van der Waals surface area contributed by atoms with Crippen LogP contribution in [0.1, 0.15) is 18.4 Å². The van der Waals surface area contributed by atoms with Crippen LogP contribution >= 0.6 is 0 Å². The van der Waals surface area contributed by atoms with Gasteiger partial charge in [-0.05, 0) is 13.0 Å². The summed E-state index contributed by atoms with van der Waals surface area (Å²) in [5.41, 5.74) is 1.43. The van der Waals surface area contributed by atoms with Crippen LogP contribution in [0.15, 0.2) is 35.6 Å². The molecule has 5 nitrogen and oxygen atoms in total. The maximum atomic E-state index is 11.9. The van der Waals surface area contributed by atoms with E-state index in [-0.39, 0.29) is 18.7 Å². The summed E-state index contributed by atoms with van der Waals surface area (Å²) in [4.78, 5) is 11.9. The van der Waals surface area contributed by atoms with E-state index in [0.717, 1.165) is 5.56 Å². The standard InChI is InChI=1S/C15H18O5/c1-10-14(15(16)18-3)12(8-19-10)11-6-4-5-7-13(11)20-9-17-2/h4-7,12H,8-9H2,1-3H3/t12-/m1/s1. The van der Waals surface area contributed by atoms with Crippen molar-refractivity contribution in [2.75, 3.05) is 27.6 Å². The van der Waals surface area contributed by atoms with Gasteiger partial charge >= 0.3 is 5.97 Å². The summed E-state index contributed by atoms with van der Waals surface area (Å²) in [5, 5.41) is 0. The molecule has 0 saturated heterocycles. The van der Waals surface area contributed by atoms with Gasteiger partial charge in [0, 0.05) is 12.7 Å². The van der Waals surface area contributed by atoms with Gasteiger partial charge in [0.15, 0.2) is 6.79 Å². The molecule has 0 unspecified atom stereocenters. The second-order valence-electron chi connectivity index (χ2n) is 4.41. The molecule has 0 radical (unpaired) electrons. The van der Waals surface area contributed by atoms with Crippen molar-refractivity contribution in [3.8, 4) is 5.75 Å². The van der Waals surface area contributed by atoms with Crippen LogP contribution in [-0.2, 0) is 19.0 Å². The van der Waals surface area contributed by atoms with Gasteiger partial charge in [-0.3, -0.25) is 0 Å². The summed E-state index contributed by atoms with van der Waals surface area (Å²) in [5.74, 6) is 0.726. The van der Waals surface area contributed by atoms with E-state index in [4.69, 9.17) is 18.9 Å². The molecule has 0 spiro atoms. The number of hydrogen-bond donors (Lipinski definition) is 0. The Hall–Kier alpha value is -2.01. The molecule has 1 aliphatic rings. The molecular formula is C15H18O5. The molecule has 108 valence electrons. The number of hydrogen-bond acceptors (Lipinski definition) is 5. The van der Waals surface area contributed by atoms with Gasteiger partial charge in [-0.15, -0.1) is 0 Å². The van der Waals surface area contributed by atoms with Gasteiger partial charge < -0.3 is 18.9 Å². The molecule has 1 aromatic carbocycles. The number of para-hydroxylation sites is 1. The zero-order valence-electron chi connectivity index (χ0n) is 11.8. The molecule has 0 N–H and O–H groups in total. The van der Waals surface area contributed by atoms with Crippen LogP contribution in [0.3, 0.4) is 0 Å². The van der Waals surface area contributed by atoms with E-state index in [1.807, 2.05) is 24.3 Å². The molecule has 2 rings (SSSR count). The molecule has 20 heavy (non-hydrogen) atoms. The van der Waals surface area contributed by atoms with E-state index in [2.05, 4.69) is 0 Å². The first kappa shape index (κ1) is 14.4. The van der Waals surface area contributed by atoms with Crippen molar-refractivity contribution in [3.05, 3.63) is 41.2 Å². The van der Waals surface area contributed by atoms with Gasteiger partial charge in [0.1, 0.15) is 11.5 Å². The van der Waals surface area contributed by atoms with Crippen LogP contribution in [0.25, 0.3) is 0 Å². The number of allylic oxidation sites excluding steroid dienone is 1. The summed E-state index contributed by atoms with van der Waals surface area (Å²) in [6.07, 6.45) is 0. The number of esters is 1. The van der Waals surface area contributed by atoms with Crippen LogP contribution in [0.4, 0.5) is 0 Å². The molecule has 0 amide bonds. The second kappa shape index (κ2) is 6.43. The fourth-order valence-corrected chi connectivity index (χ4v) is 2.28. The molecular weight excluding hydrogens is 260 g/mol. The number of carbonyl (C=O) groups is 1. The Balaban J connectivity index is 2.34. The van der Waals surface area contributed by atoms with E-state index >= 15 is 0 Å². The Morgan fingerprint density at radius 1 is 1.35 bits per heavy atom. The molecule has 1 atom stereocenters. The monoisotopic (exact) mass is 278 g/mol. The van der Waals surface area contributed by atoms with Crippen LogP contribution in [0, 0.1) is 0 Å². The number of ether oxygens (including phenoxy) is 4. The van der Waals surface area contributed by atoms with Crippen molar-refractivity contribution in [3.63, 3.8) is 0 Å². The summed E-state index contributed by atoms with van der Waals surface area (Å²) >= 11 is 0. The van der Waals surface area contributed by atoms with Crippen molar-refractivity contribution in [1.82, 2.24) is 0 Å². The summed E-state index contributed by atoms with van der Waals surface area (Å²) in [7, 11) is 2.93. The highest BCUT2D eigenvalue weighted by atomic mass is 16.7. The fourth-order valence-electron chi connectivity index (χ4n) is 2.28. The van der Waals surface area contributed by atoms with Gasteiger partial charge in [-0.25, -0.2) is 4.79 Å². The predicted octanol–water partition coefficient (Wildman–Crippen LogP) is 2.23. The highest BCUT2D eigenvalue weighted by Crippen LogP contribution is 2.38. The Morgan fingerprint density at radius 3 is 2.80 bits per heavy atom. The molecule has 1 aromatic rings. The van der Waals surface area contributed by atoms with Crippen molar-refractivity contribution in [1.29, 1.82) is 0 Å². The minimum absolute atomic E-state index is 0.154. The maximum Gasteiger partial charge on any atom is 0.337 e. The first-order valence-corrected chi connectivity index (χ1v) is 6.31. The smallest absolute Gasteiger partial charge is 0.337 e. The minimum atomic E-state index is -0.369. The largest absolute Gasteiger partial charge is 0.497 e. The normalized spacial score (nSPS) is 17.9. The zero-order valence-corrected chi connectivity index (χ0v) is 11.8. The van der Waals surface area contributed by atoms with Crippen LogP contribution < -0.4 is 4.74 Å². The first-order valence-electron chi connectivity index (χ1n) is 6.31. The fraction of sp³-hybridized carbons (Fsp3) is 0.400. The highest BCUT2D eigenvalue weighted by molar-refractivity contribution is 5.91. The number of rotatable bonds is 5. The van der Waals surface area contributed by atoms with E-state index in [1.165, 1.54) is 7.11 Å². The lowest BCUT2D eigenvalue weighted by Gasteiger charge is -2.16. The molecule has 1 heterocycles. The predicted molar refractivity (Wildman–Crippen MR) is 72.4 cm³/mol. The van der Waals surface area contributed by atoms with Crippen LogP contribution in [-0.4, -0.2) is 33.6 Å². The number of benzene rings is 1. The van der Waals surface area contributed by atoms with E-state index in [9.17, 15) is 4.79 Å². The quantitative estimate of drug-likeness (QED) is 0.610. The molecule has 5 heteroatoms. The van der Waals surface area contributed by atoms with Gasteiger partial charge in [0.25, 0.3) is 0 Å². The van der Waals surface area contributed by atoms with Gasteiger partial charge in [-0.2, -0.15) is 0 Å². The average molecular weight is 278 g/mol. The lowest BCUT2D eigenvalue weighted by atomic mass is 9.92. The molecule has 0 aliphatic carbocycles. The average Bonchev–Trinajstić information content (AvgIpc) is 2.86. The Kier molecular flexibility index (Phi) is 4.63. The Labute approximate surface area is 118 Å². The van der Waals surface area contributed by atoms with Crippen molar-refractivity contribution >= 4 is 5.97 Å². The molecule has 0 bridgehead atoms. The van der Waals surface area contributed by atoms with Crippen LogP contribution in [0.5, 0.6) is 5.75 Å². The summed E-state index contributed by atoms with van der Waals surface area (Å²) in [6.45, 7) is 2.33. The Bertz CT molecular complexity index is 521. The number of carbonyl (C=O) groups excluding carboxylic acids is 1. The van der Waals surface area contributed by atoms with E-state index in [1.54, 1.807) is 14.0 Å². The summed E-state index contributed by atoms with van der Waals surface area (Å²) in [6, 6.07) is 7.54. The van der Waals surface area contributed by atoms with Crippen molar-refractivity contribution < 1.29 is 23.7 Å². The lowest BCUT2D eigenvalue weighted by molar-refractivity contribution is -0.136. The number of methoxy groups -OCH3 is 2. The lowest BCUT2D eigenvalue weighted by Crippen LogP contribution is -2.14. The molecule has 0 aromatic heterocycles. The molecule has 1 aliphatic heterocycles. The third-order valence-corrected chi connectivity index (χ3v) is 3.23. The van der Waals surface area contributed by atoms with Gasteiger partial charge in [-0.1, -0.05) is 18.2 Å². The van der Waals surface area contributed by atoms with E-state index in [0.29, 0.717) is 23.7 Å². The SMILES string of the molecule is COCOc1ccccc1[C@H]1COC(C)=C1C(=O)OC. The Morgan fingerprint density at radius 2 is 2.10 bits per heavy atom. The second-order valence-corrected chi connectivity index (χ2v) is 4.41. The third kappa shape index (κ3) is 2.77. The van der Waals surface area contributed by atoms with Crippen LogP contribution in [0.2, 0.25) is 0 Å². The van der Waals surface area contributed by atoms with Crippen molar-refractivity contribution in [2.24, 2.45) is 0 Å². The molecule has 0 saturated carbocycles. The third-order valence-electron chi connectivity index (χ3n) is 3.23. The maximum absolute atomic E-state index is 11.9. The first-order chi connectivity index (χ1) is 9.69. The molecule has 0 fully saturated rings. The van der Waals surface area contributed by atoms with E-state index < -0.39 is 0 Å². The highest BCUT2D eigenvalue weighted by Gasteiger charge is 2.34. The van der Waals surface area contributed by atoms with Gasteiger partial charge in [0.05, 0.1) is 25.2 Å². The zero-order chi connectivity index (χ0) is 14.5. The topological polar surface area (TPSA) is 54.0 Å².